The van der Waals surface area contributed by atoms with E-state index in [1.165, 1.54) is 0 Å². The van der Waals surface area contributed by atoms with Gasteiger partial charge in [-0.15, -0.1) is 0 Å². The lowest BCUT2D eigenvalue weighted by Crippen LogP contribution is -2.21. The summed E-state index contributed by atoms with van der Waals surface area (Å²) in [4.78, 5) is 4.18. The summed E-state index contributed by atoms with van der Waals surface area (Å²) < 4.78 is 0. The average Bonchev–Trinajstić information content (AvgIpc) is 2.35. The first-order valence-electron chi connectivity index (χ1n) is 5.04. The monoisotopic (exact) mass is 179 g/mol. The Morgan fingerprint density at radius 1 is 1.15 bits per heavy atom. The van der Waals surface area contributed by atoms with E-state index in [4.69, 9.17) is 0 Å². The van der Waals surface area contributed by atoms with E-state index in [1.807, 2.05) is 32.3 Å². The molecule has 74 valence electrons. The summed E-state index contributed by atoms with van der Waals surface area (Å²) in [6, 6.07) is 0. The first-order valence-corrected chi connectivity index (χ1v) is 5.04. The van der Waals surface area contributed by atoms with Gasteiger partial charge in [-0.1, -0.05) is 46.8 Å². The topological polar surface area (TPSA) is 12.4 Å². The molecule has 0 aromatic carbocycles. The molecule has 0 aliphatic carbocycles. The predicted molar refractivity (Wildman–Crippen MR) is 61.1 cm³/mol. The van der Waals surface area contributed by atoms with Crippen LogP contribution in [0.25, 0.3) is 0 Å². The highest BCUT2D eigenvalue weighted by Gasteiger charge is 2.22. The van der Waals surface area contributed by atoms with Gasteiger partial charge in [0.1, 0.15) is 0 Å². The van der Waals surface area contributed by atoms with Crippen LogP contribution in [0.1, 0.15) is 34.6 Å². The zero-order chi connectivity index (χ0) is 10.3. The van der Waals surface area contributed by atoms with E-state index in [9.17, 15) is 0 Å². The van der Waals surface area contributed by atoms with Gasteiger partial charge in [0.25, 0.3) is 0 Å². The van der Waals surface area contributed by atoms with E-state index < -0.39 is 0 Å². The standard InChI is InChI=1S/C10H15N.C2H6/c1-9(2)10(3)6-4-5-7-11-8-10;1-2/h4-9H,1-3H3;1-2H3. The van der Waals surface area contributed by atoms with Gasteiger partial charge in [-0.05, 0) is 12.0 Å². The molecule has 0 saturated heterocycles. The number of hydrogen-bond acceptors (Lipinski definition) is 1. The molecule has 0 aromatic rings. The molecular formula is C12H21N. The largest absolute Gasteiger partial charge is 0.268 e. The molecule has 1 aliphatic heterocycles. The Balaban J connectivity index is 0.000000671. The molecule has 1 atom stereocenters. The SMILES string of the molecule is CC.CC(C)C1(C)C=CC=CN=C1. The van der Waals surface area contributed by atoms with E-state index in [-0.39, 0.29) is 5.41 Å². The van der Waals surface area contributed by atoms with Gasteiger partial charge >= 0.3 is 0 Å². The molecule has 13 heavy (non-hydrogen) atoms. The van der Waals surface area contributed by atoms with Crippen molar-refractivity contribution in [2.75, 3.05) is 0 Å². The van der Waals surface area contributed by atoms with Crippen LogP contribution in [-0.2, 0) is 0 Å². The zero-order valence-corrected chi connectivity index (χ0v) is 9.41. The third kappa shape index (κ3) is 3.58. The summed E-state index contributed by atoms with van der Waals surface area (Å²) in [5.74, 6) is 0.599. The lowest BCUT2D eigenvalue weighted by molar-refractivity contribution is 0.424. The van der Waals surface area contributed by atoms with Crippen LogP contribution in [0.5, 0.6) is 0 Å². The van der Waals surface area contributed by atoms with Crippen molar-refractivity contribution >= 4 is 6.21 Å². The van der Waals surface area contributed by atoms with E-state index in [0.29, 0.717) is 5.92 Å². The highest BCUT2D eigenvalue weighted by molar-refractivity contribution is 5.69. The maximum Gasteiger partial charge on any atom is 0.0264 e. The first-order chi connectivity index (χ1) is 6.15. The highest BCUT2D eigenvalue weighted by atomic mass is 14.7. The summed E-state index contributed by atoms with van der Waals surface area (Å²) >= 11 is 0. The average molecular weight is 179 g/mol. The smallest absolute Gasteiger partial charge is 0.0264 e. The molecule has 0 saturated carbocycles. The van der Waals surface area contributed by atoms with Crippen LogP contribution in [-0.4, -0.2) is 6.21 Å². The highest BCUT2D eigenvalue weighted by Crippen LogP contribution is 2.27. The van der Waals surface area contributed by atoms with Crippen molar-refractivity contribution in [1.82, 2.24) is 0 Å². The molecule has 1 nitrogen and oxygen atoms in total. The van der Waals surface area contributed by atoms with Gasteiger partial charge in [0.2, 0.25) is 0 Å². The lowest BCUT2D eigenvalue weighted by atomic mass is 9.80. The Kier molecular flexibility index (Phi) is 5.36. The Morgan fingerprint density at radius 2 is 1.77 bits per heavy atom. The van der Waals surface area contributed by atoms with Gasteiger partial charge < -0.3 is 0 Å². The van der Waals surface area contributed by atoms with Gasteiger partial charge in [0, 0.05) is 17.8 Å². The molecule has 1 heteroatoms. The molecule has 0 aromatic heterocycles. The van der Waals surface area contributed by atoms with Gasteiger partial charge in [-0.25, -0.2) is 0 Å². The van der Waals surface area contributed by atoms with Crippen LogP contribution >= 0.6 is 0 Å². The molecule has 0 radical (unpaired) electrons. The maximum absolute atomic E-state index is 4.18. The van der Waals surface area contributed by atoms with Crippen LogP contribution < -0.4 is 0 Å². The summed E-state index contributed by atoms with van der Waals surface area (Å²) in [6.45, 7) is 10.6. The Hall–Kier alpha value is -0.850. The minimum Gasteiger partial charge on any atom is -0.268 e. The molecule has 1 heterocycles. The molecule has 1 aliphatic rings. The summed E-state index contributed by atoms with van der Waals surface area (Å²) in [6.07, 6.45) is 10.1. The van der Waals surface area contributed by atoms with Crippen molar-refractivity contribution in [3.63, 3.8) is 0 Å². The third-order valence-electron chi connectivity index (χ3n) is 2.34. The number of hydrogen-bond donors (Lipinski definition) is 0. The van der Waals surface area contributed by atoms with Crippen molar-refractivity contribution < 1.29 is 0 Å². The van der Waals surface area contributed by atoms with Crippen LogP contribution in [0.2, 0.25) is 0 Å². The third-order valence-corrected chi connectivity index (χ3v) is 2.34. The van der Waals surface area contributed by atoms with E-state index in [0.717, 1.165) is 0 Å². The van der Waals surface area contributed by atoms with E-state index >= 15 is 0 Å². The Bertz CT molecular complexity index is 193. The molecule has 0 N–H and O–H groups in total. The fourth-order valence-corrected chi connectivity index (χ4v) is 0.950. The Labute approximate surface area is 82.3 Å². The molecule has 0 amide bonds. The molecule has 0 spiro atoms. The van der Waals surface area contributed by atoms with E-state index in [1.54, 1.807) is 0 Å². The fourth-order valence-electron chi connectivity index (χ4n) is 0.950. The summed E-state index contributed by atoms with van der Waals surface area (Å²) in [5.41, 5.74) is 0.128. The number of aliphatic imine (C=N–C) groups is 1. The molecular weight excluding hydrogens is 158 g/mol. The van der Waals surface area contributed by atoms with Crippen molar-refractivity contribution in [2.24, 2.45) is 16.3 Å². The van der Waals surface area contributed by atoms with Crippen molar-refractivity contribution in [3.05, 3.63) is 24.4 Å². The predicted octanol–water partition coefficient (Wildman–Crippen LogP) is 3.83. The van der Waals surface area contributed by atoms with Crippen molar-refractivity contribution in [2.45, 2.75) is 34.6 Å². The maximum atomic E-state index is 4.18. The second-order valence-electron chi connectivity index (χ2n) is 3.50. The van der Waals surface area contributed by atoms with Crippen LogP contribution in [0.15, 0.2) is 29.4 Å². The van der Waals surface area contributed by atoms with Gasteiger partial charge in [-0.3, -0.25) is 4.99 Å². The number of nitrogens with zero attached hydrogens (tertiary/aromatic N) is 1. The van der Waals surface area contributed by atoms with E-state index in [2.05, 4.69) is 37.9 Å². The molecule has 0 bridgehead atoms. The Morgan fingerprint density at radius 3 is 2.31 bits per heavy atom. The van der Waals surface area contributed by atoms with Crippen LogP contribution in [0.3, 0.4) is 0 Å². The second-order valence-corrected chi connectivity index (χ2v) is 3.50. The quantitative estimate of drug-likeness (QED) is 0.580. The van der Waals surface area contributed by atoms with Crippen LogP contribution in [0, 0.1) is 11.3 Å². The minimum atomic E-state index is 0.128. The fraction of sp³-hybridized carbons (Fsp3) is 0.583. The molecule has 0 fully saturated rings. The van der Waals surface area contributed by atoms with Gasteiger partial charge in [-0.2, -0.15) is 0 Å². The minimum absolute atomic E-state index is 0.128. The summed E-state index contributed by atoms with van der Waals surface area (Å²) in [5, 5.41) is 0. The second kappa shape index (κ2) is 5.74. The molecule has 1 rings (SSSR count). The van der Waals surface area contributed by atoms with Crippen molar-refractivity contribution in [3.8, 4) is 0 Å². The first kappa shape index (κ1) is 12.2. The van der Waals surface area contributed by atoms with Crippen LogP contribution in [0.4, 0.5) is 0 Å². The molecule has 1 unspecified atom stereocenters. The number of allylic oxidation sites excluding steroid dienone is 3. The number of rotatable bonds is 1. The van der Waals surface area contributed by atoms with Crippen molar-refractivity contribution in [1.29, 1.82) is 0 Å². The van der Waals surface area contributed by atoms with Gasteiger partial charge in [0.05, 0.1) is 0 Å². The zero-order valence-electron chi connectivity index (χ0n) is 9.41. The van der Waals surface area contributed by atoms with Gasteiger partial charge in [0.15, 0.2) is 0 Å². The normalized spacial score (nSPS) is 25.4. The lowest BCUT2D eigenvalue weighted by Gasteiger charge is -2.24. The summed E-state index contributed by atoms with van der Waals surface area (Å²) in [7, 11) is 0.